The number of carbonyl (C=O) groups excluding carboxylic acids is 1. The second-order valence-electron chi connectivity index (χ2n) is 5.37. The second-order valence-corrected chi connectivity index (χ2v) is 5.37. The molecule has 19 heavy (non-hydrogen) atoms. The number of ether oxygens (including phenoxy) is 1. The summed E-state index contributed by atoms with van der Waals surface area (Å²) >= 11 is 0. The largest absolute Gasteiger partial charge is 0.460 e. The first-order valence-electron chi connectivity index (χ1n) is 6.11. The van der Waals surface area contributed by atoms with Crippen LogP contribution in [0.3, 0.4) is 0 Å². The van der Waals surface area contributed by atoms with E-state index in [2.05, 4.69) is 4.98 Å². The molecule has 2 rings (SSSR count). The number of rotatable bonds is 2. The summed E-state index contributed by atoms with van der Waals surface area (Å²) in [7, 11) is 0. The molecule has 2 aromatic rings. The Bertz CT molecular complexity index is 617. The van der Waals surface area contributed by atoms with Crippen molar-refractivity contribution >= 4 is 16.9 Å². The van der Waals surface area contributed by atoms with E-state index >= 15 is 0 Å². The van der Waals surface area contributed by atoms with Crippen LogP contribution in [0.5, 0.6) is 0 Å². The predicted octanol–water partition coefficient (Wildman–Crippen LogP) is 3.26. The summed E-state index contributed by atoms with van der Waals surface area (Å²) in [6.45, 7) is 5.35. The van der Waals surface area contributed by atoms with Gasteiger partial charge in [-0.2, -0.15) is 0 Å². The summed E-state index contributed by atoms with van der Waals surface area (Å²) in [6.07, 6.45) is 1.53. The van der Waals surface area contributed by atoms with Gasteiger partial charge in [0.15, 0.2) is 0 Å². The maximum absolute atomic E-state index is 14.2. The van der Waals surface area contributed by atoms with Crippen LogP contribution in [0.1, 0.15) is 26.3 Å². The lowest BCUT2D eigenvalue weighted by Crippen LogP contribution is -2.25. The standard InChI is InChI=1S/C15H16FNO2/c1-15(2,3)19-13(18)9-10-6-7-12-11(14(10)16)5-4-8-17-12/h4-8H,9H2,1-3H3. The van der Waals surface area contributed by atoms with Crippen LogP contribution in [0.25, 0.3) is 10.9 Å². The van der Waals surface area contributed by atoms with Gasteiger partial charge in [0, 0.05) is 11.6 Å². The molecule has 1 aromatic heterocycles. The monoisotopic (exact) mass is 261 g/mol. The smallest absolute Gasteiger partial charge is 0.310 e. The third-order valence-electron chi connectivity index (χ3n) is 2.55. The van der Waals surface area contributed by atoms with Crippen molar-refractivity contribution in [1.82, 2.24) is 4.98 Å². The number of nitrogens with zero attached hydrogens (tertiary/aromatic N) is 1. The van der Waals surface area contributed by atoms with Gasteiger partial charge in [0.05, 0.1) is 11.9 Å². The molecule has 3 nitrogen and oxygen atoms in total. The molecule has 0 aliphatic heterocycles. The van der Waals surface area contributed by atoms with E-state index in [-0.39, 0.29) is 6.42 Å². The molecule has 0 aliphatic carbocycles. The van der Waals surface area contributed by atoms with Gasteiger partial charge in [-0.15, -0.1) is 0 Å². The Hall–Kier alpha value is -1.97. The van der Waals surface area contributed by atoms with E-state index in [1.165, 1.54) is 0 Å². The third-order valence-corrected chi connectivity index (χ3v) is 2.55. The topological polar surface area (TPSA) is 39.2 Å². The third kappa shape index (κ3) is 3.28. The average Bonchev–Trinajstić information content (AvgIpc) is 2.31. The molecule has 0 unspecified atom stereocenters. The Morgan fingerprint density at radius 3 is 2.74 bits per heavy atom. The zero-order valence-electron chi connectivity index (χ0n) is 11.2. The van der Waals surface area contributed by atoms with Crippen molar-refractivity contribution in [2.24, 2.45) is 0 Å². The van der Waals surface area contributed by atoms with Gasteiger partial charge in [0.1, 0.15) is 11.4 Å². The van der Waals surface area contributed by atoms with Crippen LogP contribution >= 0.6 is 0 Å². The average molecular weight is 261 g/mol. The first kappa shape index (κ1) is 13.5. The number of esters is 1. The highest BCUT2D eigenvalue weighted by atomic mass is 19.1. The molecule has 0 N–H and O–H groups in total. The fourth-order valence-corrected chi connectivity index (χ4v) is 1.83. The molecule has 0 fully saturated rings. The van der Waals surface area contributed by atoms with E-state index in [0.717, 1.165) is 0 Å². The fraction of sp³-hybridized carbons (Fsp3) is 0.333. The lowest BCUT2D eigenvalue weighted by molar-refractivity contribution is -0.153. The fourth-order valence-electron chi connectivity index (χ4n) is 1.83. The lowest BCUT2D eigenvalue weighted by Gasteiger charge is -2.19. The van der Waals surface area contributed by atoms with Crippen LogP contribution < -0.4 is 0 Å². The maximum Gasteiger partial charge on any atom is 0.310 e. The van der Waals surface area contributed by atoms with Gasteiger partial charge in [0.25, 0.3) is 0 Å². The summed E-state index contributed by atoms with van der Waals surface area (Å²) in [5.41, 5.74) is 0.342. The zero-order chi connectivity index (χ0) is 14.0. The Balaban J connectivity index is 2.26. The number of aromatic nitrogens is 1. The number of carbonyl (C=O) groups is 1. The van der Waals surface area contributed by atoms with Crippen molar-refractivity contribution in [1.29, 1.82) is 0 Å². The van der Waals surface area contributed by atoms with Gasteiger partial charge in [-0.25, -0.2) is 4.39 Å². The summed E-state index contributed by atoms with van der Waals surface area (Å²) in [5.74, 6) is -0.842. The summed E-state index contributed by atoms with van der Waals surface area (Å²) in [5, 5.41) is 0.420. The minimum Gasteiger partial charge on any atom is -0.460 e. The summed E-state index contributed by atoms with van der Waals surface area (Å²) < 4.78 is 19.4. The van der Waals surface area contributed by atoms with Gasteiger partial charge >= 0.3 is 5.97 Å². The highest BCUT2D eigenvalue weighted by molar-refractivity contribution is 5.82. The lowest BCUT2D eigenvalue weighted by atomic mass is 10.1. The molecule has 0 bridgehead atoms. The molecule has 0 amide bonds. The molecule has 0 spiro atoms. The van der Waals surface area contributed by atoms with Crippen molar-refractivity contribution in [3.63, 3.8) is 0 Å². The van der Waals surface area contributed by atoms with E-state index in [9.17, 15) is 9.18 Å². The van der Waals surface area contributed by atoms with Gasteiger partial charge in [-0.1, -0.05) is 6.07 Å². The van der Waals surface area contributed by atoms with Crippen LogP contribution in [-0.4, -0.2) is 16.6 Å². The van der Waals surface area contributed by atoms with Crippen molar-refractivity contribution in [2.45, 2.75) is 32.8 Å². The molecule has 0 atom stereocenters. The van der Waals surface area contributed by atoms with Gasteiger partial charge in [0.2, 0.25) is 0 Å². The van der Waals surface area contributed by atoms with E-state index < -0.39 is 17.4 Å². The Morgan fingerprint density at radius 1 is 1.32 bits per heavy atom. The second kappa shape index (κ2) is 4.96. The van der Waals surface area contributed by atoms with Crippen molar-refractivity contribution in [2.75, 3.05) is 0 Å². The quantitative estimate of drug-likeness (QED) is 0.779. The van der Waals surface area contributed by atoms with Gasteiger partial charge < -0.3 is 4.74 Å². The number of fused-ring (bicyclic) bond motifs is 1. The molecule has 0 aliphatic rings. The first-order chi connectivity index (χ1) is 8.87. The van der Waals surface area contributed by atoms with E-state index in [1.54, 1.807) is 51.2 Å². The maximum atomic E-state index is 14.2. The van der Waals surface area contributed by atoms with Crippen molar-refractivity contribution in [3.8, 4) is 0 Å². The summed E-state index contributed by atoms with van der Waals surface area (Å²) in [6, 6.07) is 6.60. The molecule has 100 valence electrons. The number of pyridine rings is 1. The van der Waals surface area contributed by atoms with Gasteiger partial charge in [-0.05, 0) is 44.5 Å². The first-order valence-corrected chi connectivity index (χ1v) is 6.11. The van der Waals surface area contributed by atoms with Crippen LogP contribution in [0, 0.1) is 5.82 Å². The molecule has 4 heteroatoms. The number of benzene rings is 1. The minimum atomic E-state index is -0.564. The van der Waals surface area contributed by atoms with Crippen LogP contribution in [0.15, 0.2) is 30.5 Å². The minimum absolute atomic E-state index is 0.0755. The SMILES string of the molecule is CC(C)(C)OC(=O)Cc1ccc2ncccc2c1F. The predicted molar refractivity (Wildman–Crippen MR) is 71.3 cm³/mol. The number of hydrogen-bond donors (Lipinski definition) is 0. The zero-order valence-corrected chi connectivity index (χ0v) is 11.2. The number of halogens is 1. The summed E-state index contributed by atoms with van der Waals surface area (Å²) in [4.78, 5) is 15.8. The van der Waals surface area contributed by atoms with E-state index in [1.807, 2.05) is 0 Å². The molecule has 1 aromatic carbocycles. The molecule has 0 saturated heterocycles. The molecular formula is C15H16FNO2. The van der Waals surface area contributed by atoms with Crippen LogP contribution in [0.2, 0.25) is 0 Å². The molecule has 0 saturated carbocycles. The van der Waals surface area contributed by atoms with E-state index in [0.29, 0.717) is 16.5 Å². The molecule has 0 radical (unpaired) electrons. The van der Waals surface area contributed by atoms with Gasteiger partial charge in [-0.3, -0.25) is 9.78 Å². The Kier molecular flexibility index (Phi) is 3.51. The highest BCUT2D eigenvalue weighted by Gasteiger charge is 2.18. The molecule has 1 heterocycles. The molecular weight excluding hydrogens is 245 g/mol. The van der Waals surface area contributed by atoms with Crippen LogP contribution in [0.4, 0.5) is 4.39 Å². The van der Waals surface area contributed by atoms with Crippen molar-refractivity contribution < 1.29 is 13.9 Å². The van der Waals surface area contributed by atoms with Crippen molar-refractivity contribution in [3.05, 3.63) is 41.8 Å². The number of hydrogen-bond acceptors (Lipinski definition) is 3. The van der Waals surface area contributed by atoms with Crippen LogP contribution in [-0.2, 0) is 16.0 Å². The van der Waals surface area contributed by atoms with E-state index in [4.69, 9.17) is 4.74 Å². The highest BCUT2D eigenvalue weighted by Crippen LogP contribution is 2.20. The Morgan fingerprint density at radius 2 is 2.05 bits per heavy atom. The normalized spacial score (nSPS) is 11.6. The Labute approximate surface area is 111 Å².